The van der Waals surface area contributed by atoms with E-state index < -0.39 is 12.1 Å². The molecule has 0 aromatic heterocycles. The first-order chi connectivity index (χ1) is 14.2. The van der Waals surface area contributed by atoms with E-state index in [0.29, 0.717) is 17.4 Å². The molecular formula is C25H49ClNO4-. The van der Waals surface area contributed by atoms with Crippen LogP contribution in [0.25, 0.3) is 0 Å². The molecule has 0 bridgehead atoms. The van der Waals surface area contributed by atoms with E-state index in [9.17, 15) is 14.7 Å². The van der Waals surface area contributed by atoms with Gasteiger partial charge in [0.15, 0.2) is 6.10 Å². The predicted molar refractivity (Wildman–Crippen MR) is 122 cm³/mol. The number of aliphatic carboxylic acids is 1. The molecule has 0 rings (SSSR count). The predicted octanol–water partition coefficient (Wildman–Crippen LogP) is 2.01. The van der Waals surface area contributed by atoms with Gasteiger partial charge in [0, 0.05) is 18.8 Å². The van der Waals surface area contributed by atoms with Crippen molar-refractivity contribution in [1.29, 1.82) is 0 Å². The van der Waals surface area contributed by atoms with Crippen LogP contribution in [0.3, 0.4) is 0 Å². The monoisotopic (exact) mass is 462 g/mol. The Morgan fingerprint density at radius 2 is 1.13 bits per heavy atom. The number of carboxylic acid groups (broad SMARTS) is 1. The number of hydrogen-bond acceptors (Lipinski definition) is 4. The summed E-state index contributed by atoms with van der Waals surface area (Å²) in [6.07, 6.45) is 18.9. The van der Waals surface area contributed by atoms with Gasteiger partial charge >= 0.3 is 5.97 Å². The molecular weight excluding hydrogens is 414 g/mol. The molecule has 0 spiro atoms. The van der Waals surface area contributed by atoms with E-state index in [-0.39, 0.29) is 24.8 Å². The number of nitrogens with zero attached hydrogens (tertiary/aromatic N) is 1. The van der Waals surface area contributed by atoms with Crippen molar-refractivity contribution >= 4 is 11.9 Å². The molecule has 6 heteroatoms. The molecule has 0 saturated carbocycles. The van der Waals surface area contributed by atoms with Gasteiger partial charge in [0.05, 0.1) is 21.1 Å². The maximum absolute atomic E-state index is 12.0. The number of likely N-dealkylation sites (N-methyl/N-ethyl adjacent to an activating group) is 1. The summed E-state index contributed by atoms with van der Waals surface area (Å²) in [5.74, 6) is -1.46. The third-order valence-corrected chi connectivity index (χ3v) is 5.43. The topological polar surface area (TPSA) is 66.4 Å². The third-order valence-electron chi connectivity index (χ3n) is 5.43. The first-order valence-corrected chi connectivity index (χ1v) is 12.4. The molecule has 0 unspecified atom stereocenters. The molecule has 1 atom stereocenters. The zero-order chi connectivity index (χ0) is 22.7. The Labute approximate surface area is 198 Å². The van der Waals surface area contributed by atoms with Gasteiger partial charge in [0.1, 0.15) is 6.54 Å². The van der Waals surface area contributed by atoms with Crippen molar-refractivity contribution in [2.24, 2.45) is 0 Å². The van der Waals surface area contributed by atoms with Crippen LogP contribution in [0.2, 0.25) is 0 Å². The summed E-state index contributed by atoms with van der Waals surface area (Å²) in [4.78, 5) is 22.9. The van der Waals surface area contributed by atoms with Crippen LogP contribution in [-0.4, -0.2) is 50.2 Å². The number of rotatable bonds is 21. The smallest absolute Gasteiger partial charge is 0.306 e. The second-order valence-electron chi connectivity index (χ2n) is 9.86. The van der Waals surface area contributed by atoms with Gasteiger partial charge in [0.2, 0.25) is 0 Å². The highest BCUT2D eigenvalue weighted by Crippen LogP contribution is 2.14. The van der Waals surface area contributed by atoms with Crippen molar-refractivity contribution < 1.29 is 36.3 Å². The number of carbonyl (C=O) groups excluding carboxylic acids is 2. The number of halogens is 1. The van der Waals surface area contributed by atoms with Crippen LogP contribution in [0.5, 0.6) is 0 Å². The van der Waals surface area contributed by atoms with E-state index in [1.807, 2.05) is 21.1 Å². The fourth-order valence-electron chi connectivity index (χ4n) is 3.83. The SMILES string of the molecule is CCCCCCCCCCCCCCCCCC(=O)O[C@H](CC(=O)[O-])C[N+](C)(C)C.[Cl-]. The molecule has 0 aromatic carbocycles. The van der Waals surface area contributed by atoms with Gasteiger partial charge in [0.25, 0.3) is 0 Å². The van der Waals surface area contributed by atoms with Gasteiger partial charge in [-0.05, 0) is 6.42 Å². The van der Waals surface area contributed by atoms with E-state index >= 15 is 0 Å². The van der Waals surface area contributed by atoms with Crippen LogP contribution >= 0.6 is 0 Å². The number of carbonyl (C=O) groups is 2. The van der Waals surface area contributed by atoms with Crippen molar-refractivity contribution in [3.05, 3.63) is 0 Å². The Bertz CT molecular complexity index is 438. The zero-order valence-electron chi connectivity index (χ0n) is 20.8. The molecule has 186 valence electrons. The van der Waals surface area contributed by atoms with Crippen molar-refractivity contribution in [2.45, 2.75) is 122 Å². The average Bonchev–Trinajstić information content (AvgIpc) is 2.63. The Hall–Kier alpha value is -0.810. The zero-order valence-corrected chi connectivity index (χ0v) is 21.5. The fraction of sp³-hybridized carbons (Fsp3) is 0.920. The highest BCUT2D eigenvalue weighted by atomic mass is 35.5. The molecule has 0 heterocycles. The van der Waals surface area contributed by atoms with E-state index in [4.69, 9.17) is 4.74 Å². The minimum atomic E-state index is -1.17. The van der Waals surface area contributed by atoms with Crippen LogP contribution < -0.4 is 17.5 Å². The first kappa shape index (κ1) is 32.4. The van der Waals surface area contributed by atoms with Gasteiger partial charge < -0.3 is 31.5 Å². The molecule has 0 amide bonds. The number of quaternary nitrogens is 1. The fourth-order valence-corrected chi connectivity index (χ4v) is 3.83. The quantitative estimate of drug-likeness (QED) is 0.149. The lowest BCUT2D eigenvalue weighted by Crippen LogP contribution is -3.00. The van der Waals surface area contributed by atoms with Crippen LogP contribution in [0.4, 0.5) is 0 Å². The van der Waals surface area contributed by atoms with E-state index in [1.165, 1.54) is 77.0 Å². The summed E-state index contributed by atoms with van der Waals surface area (Å²) in [6.45, 7) is 2.73. The molecule has 0 saturated heterocycles. The van der Waals surface area contributed by atoms with Gasteiger partial charge in [-0.3, -0.25) is 4.79 Å². The number of unbranched alkanes of at least 4 members (excludes halogenated alkanes) is 14. The Balaban J connectivity index is 0. The van der Waals surface area contributed by atoms with Crippen LogP contribution in [0.15, 0.2) is 0 Å². The lowest BCUT2D eigenvalue weighted by Gasteiger charge is -2.29. The van der Waals surface area contributed by atoms with Crippen molar-refractivity contribution in [3.63, 3.8) is 0 Å². The third kappa shape index (κ3) is 25.3. The summed E-state index contributed by atoms with van der Waals surface area (Å²) in [6, 6.07) is 0. The largest absolute Gasteiger partial charge is 1.00 e. The number of carboxylic acids is 1. The molecule has 5 nitrogen and oxygen atoms in total. The summed E-state index contributed by atoms with van der Waals surface area (Å²) >= 11 is 0. The normalized spacial score (nSPS) is 12.3. The average molecular weight is 463 g/mol. The lowest BCUT2D eigenvalue weighted by atomic mass is 10.0. The van der Waals surface area contributed by atoms with Crippen LogP contribution in [0, 0.1) is 0 Å². The minimum Gasteiger partial charge on any atom is -1.00 e. The minimum absolute atomic E-state index is 0. The second-order valence-corrected chi connectivity index (χ2v) is 9.86. The lowest BCUT2D eigenvalue weighted by molar-refractivity contribution is -0.873. The van der Waals surface area contributed by atoms with E-state index in [2.05, 4.69) is 6.92 Å². The maximum Gasteiger partial charge on any atom is 0.306 e. The summed E-state index contributed by atoms with van der Waals surface area (Å²) < 4.78 is 5.93. The molecule has 0 aromatic rings. The molecule has 0 aliphatic rings. The Morgan fingerprint density at radius 1 is 0.742 bits per heavy atom. The molecule has 0 radical (unpaired) electrons. The number of esters is 1. The summed E-state index contributed by atoms with van der Waals surface area (Å²) in [5.41, 5.74) is 0. The van der Waals surface area contributed by atoms with Crippen molar-refractivity contribution in [2.75, 3.05) is 27.7 Å². The molecule has 0 fully saturated rings. The van der Waals surface area contributed by atoms with Gasteiger partial charge in [-0.2, -0.15) is 0 Å². The van der Waals surface area contributed by atoms with Crippen molar-refractivity contribution in [3.8, 4) is 0 Å². The summed E-state index contributed by atoms with van der Waals surface area (Å²) in [5, 5.41) is 10.9. The summed E-state index contributed by atoms with van der Waals surface area (Å²) in [7, 11) is 5.85. The molecule has 0 aliphatic heterocycles. The standard InChI is InChI=1S/C25H49NO4.ClH/c1-5-6-7-8-9-10-11-12-13-14-15-16-17-18-19-20-25(29)30-23(21-24(27)28)22-26(2,3)4;/h23H,5-22H2,1-4H3;1H/p-1/t23-;/m1./s1. The highest BCUT2D eigenvalue weighted by Gasteiger charge is 2.22. The molecule has 31 heavy (non-hydrogen) atoms. The van der Waals surface area contributed by atoms with E-state index in [0.717, 1.165) is 19.3 Å². The van der Waals surface area contributed by atoms with Gasteiger partial charge in [-0.15, -0.1) is 0 Å². The van der Waals surface area contributed by atoms with Crippen molar-refractivity contribution in [1.82, 2.24) is 0 Å². The van der Waals surface area contributed by atoms with Crippen LogP contribution in [-0.2, 0) is 14.3 Å². The van der Waals surface area contributed by atoms with E-state index in [1.54, 1.807) is 0 Å². The highest BCUT2D eigenvalue weighted by molar-refractivity contribution is 5.70. The van der Waals surface area contributed by atoms with Gasteiger partial charge in [-0.1, -0.05) is 96.8 Å². The molecule has 0 N–H and O–H groups in total. The second kappa shape index (κ2) is 21.1. The number of hydrogen-bond donors (Lipinski definition) is 0. The maximum atomic E-state index is 12.0. The molecule has 0 aliphatic carbocycles. The Kier molecular flexibility index (Phi) is 22.0. The first-order valence-electron chi connectivity index (χ1n) is 12.4. The van der Waals surface area contributed by atoms with Crippen LogP contribution in [0.1, 0.15) is 116 Å². The Morgan fingerprint density at radius 3 is 1.48 bits per heavy atom. The van der Waals surface area contributed by atoms with Gasteiger partial charge in [-0.25, -0.2) is 0 Å². The number of ether oxygens (including phenoxy) is 1.